The molecular formula is C14H20N4O. The van der Waals surface area contributed by atoms with Crippen LogP contribution in [0.15, 0.2) is 24.5 Å². The fraction of sp³-hybridized carbons (Fsp3) is 0.429. The third-order valence-corrected chi connectivity index (χ3v) is 3.12. The molecule has 0 fully saturated rings. The van der Waals surface area contributed by atoms with E-state index in [0.717, 1.165) is 35.9 Å². The maximum Gasteiger partial charge on any atom is 0.126 e. The van der Waals surface area contributed by atoms with Crippen LogP contribution in [0.4, 0.5) is 11.5 Å². The highest BCUT2D eigenvalue weighted by Crippen LogP contribution is 2.24. The first kappa shape index (κ1) is 13.5. The lowest BCUT2D eigenvalue weighted by molar-refractivity contribution is 0.267. The average molecular weight is 260 g/mol. The molecule has 0 spiro atoms. The number of nitrogen functional groups attached to an aromatic ring is 1. The quantitative estimate of drug-likeness (QED) is 0.741. The van der Waals surface area contributed by atoms with E-state index < -0.39 is 0 Å². The number of aromatic nitrogens is 2. The smallest absolute Gasteiger partial charge is 0.126 e. The van der Waals surface area contributed by atoms with Crippen molar-refractivity contribution in [3.63, 3.8) is 0 Å². The summed E-state index contributed by atoms with van der Waals surface area (Å²) in [6.07, 6.45) is 6.57. The van der Waals surface area contributed by atoms with Gasteiger partial charge in [-0.3, -0.25) is 4.98 Å². The van der Waals surface area contributed by atoms with Crippen molar-refractivity contribution in [1.29, 1.82) is 0 Å². The van der Waals surface area contributed by atoms with Crippen LogP contribution in [0.25, 0.3) is 10.9 Å². The molecule has 0 aliphatic carbocycles. The lowest BCUT2D eigenvalue weighted by atomic mass is 10.1. The molecule has 2 aromatic heterocycles. The number of rotatable bonds is 6. The normalized spacial score (nSPS) is 12.5. The van der Waals surface area contributed by atoms with Gasteiger partial charge in [-0.1, -0.05) is 19.8 Å². The second kappa shape index (κ2) is 6.33. The number of unbranched alkanes of at least 4 members (excludes halogenated alkanes) is 1. The van der Waals surface area contributed by atoms with Crippen molar-refractivity contribution >= 4 is 22.4 Å². The van der Waals surface area contributed by atoms with Gasteiger partial charge in [0.05, 0.1) is 12.1 Å². The van der Waals surface area contributed by atoms with Crippen LogP contribution in [-0.4, -0.2) is 27.7 Å². The van der Waals surface area contributed by atoms with E-state index >= 15 is 0 Å². The van der Waals surface area contributed by atoms with E-state index in [1.54, 1.807) is 18.5 Å². The highest BCUT2D eigenvalue weighted by molar-refractivity contribution is 5.92. The molecular weight excluding hydrogens is 240 g/mol. The number of hydrogen-bond donors (Lipinski definition) is 3. The Kier molecular flexibility index (Phi) is 4.52. The first-order valence-electron chi connectivity index (χ1n) is 6.62. The van der Waals surface area contributed by atoms with E-state index in [2.05, 4.69) is 22.2 Å². The summed E-state index contributed by atoms with van der Waals surface area (Å²) in [6.45, 7) is 2.24. The Hall–Kier alpha value is -1.88. The summed E-state index contributed by atoms with van der Waals surface area (Å²) in [4.78, 5) is 8.38. The standard InChI is InChI=1S/C14H20N4O/c1-2-3-4-10(9-19)17-13-7-14(15)18-12-5-6-16-8-11(12)13/h5-8,10,19H,2-4,9H2,1H3,(H3,15,17,18). The van der Waals surface area contributed by atoms with Gasteiger partial charge in [0.2, 0.25) is 0 Å². The molecule has 0 aromatic carbocycles. The third-order valence-electron chi connectivity index (χ3n) is 3.12. The highest BCUT2D eigenvalue weighted by Gasteiger charge is 2.10. The summed E-state index contributed by atoms with van der Waals surface area (Å²) in [5.41, 5.74) is 7.50. The summed E-state index contributed by atoms with van der Waals surface area (Å²) >= 11 is 0. The van der Waals surface area contributed by atoms with Crippen LogP contribution in [-0.2, 0) is 0 Å². The molecule has 102 valence electrons. The van der Waals surface area contributed by atoms with Crippen LogP contribution in [0.5, 0.6) is 0 Å². The van der Waals surface area contributed by atoms with Gasteiger partial charge in [-0.15, -0.1) is 0 Å². The first-order chi connectivity index (χ1) is 9.24. The fourth-order valence-corrected chi connectivity index (χ4v) is 2.09. The predicted octanol–water partition coefficient (Wildman–Crippen LogP) is 2.17. The number of pyridine rings is 2. The Morgan fingerprint density at radius 1 is 1.47 bits per heavy atom. The predicted molar refractivity (Wildman–Crippen MR) is 78.0 cm³/mol. The van der Waals surface area contributed by atoms with Crippen LogP contribution >= 0.6 is 0 Å². The van der Waals surface area contributed by atoms with Crippen LogP contribution in [0.2, 0.25) is 0 Å². The van der Waals surface area contributed by atoms with Crippen LogP contribution in [0.3, 0.4) is 0 Å². The number of nitrogens with two attached hydrogens (primary N) is 1. The van der Waals surface area contributed by atoms with Crippen molar-refractivity contribution in [2.24, 2.45) is 0 Å². The molecule has 0 bridgehead atoms. The fourth-order valence-electron chi connectivity index (χ4n) is 2.09. The molecule has 5 heteroatoms. The van der Waals surface area contributed by atoms with Gasteiger partial charge in [-0.05, 0) is 12.5 Å². The van der Waals surface area contributed by atoms with E-state index in [9.17, 15) is 5.11 Å². The topological polar surface area (TPSA) is 84.1 Å². The lowest BCUT2D eigenvalue weighted by Gasteiger charge is -2.18. The van der Waals surface area contributed by atoms with Gasteiger partial charge < -0.3 is 16.2 Å². The van der Waals surface area contributed by atoms with Crippen LogP contribution in [0, 0.1) is 0 Å². The minimum atomic E-state index is 0.0326. The van der Waals surface area contributed by atoms with Crippen molar-refractivity contribution in [3.8, 4) is 0 Å². The Balaban J connectivity index is 2.28. The number of fused-ring (bicyclic) bond motifs is 1. The summed E-state index contributed by atoms with van der Waals surface area (Å²) in [7, 11) is 0. The van der Waals surface area contributed by atoms with Gasteiger partial charge in [0.15, 0.2) is 0 Å². The summed E-state index contributed by atoms with van der Waals surface area (Å²) in [5.74, 6) is 0.466. The van der Waals surface area contributed by atoms with Crippen molar-refractivity contribution in [3.05, 3.63) is 24.5 Å². The zero-order valence-electron chi connectivity index (χ0n) is 11.1. The SMILES string of the molecule is CCCCC(CO)Nc1cc(N)nc2ccncc12. The Morgan fingerprint density at radius 3 is 3.05 bits per heavy atom. The van der Waals surface area contributed by atoms with Gasteiger partial charge in [-0.2, -0.15) is 0 Å². The number of nitrogens with zero attached hydrogens (tertiary/aromatic N) is 2. The average Bonchev–Trinajstić information content (AvgIpc) is 2.43. The Labute approximate surface area is 112 Å². The molecule has 1 unspecified atom stereocenters. The number of nitrogens with one attached hydrogen (secondary N) is 1. The summed E-state index contributed by atoms with van der Waals surface area (Å²) in [5, 5.41) is 13.7. The molecule has 1 atom stereocenters. The maximum atomic E-state index is 9.43. The molecule has 0 saturated heterocycles. The van der Waals surface area contributed by atoms with Gasteiger partial charge >= 0.3 is 0 Å². The number of aliphatic hydroxyl groups excluding tert-OH is 1. The van der Waals surface area contributed by atoms with E-state index in [-0.39, 0.29) is 12.6 Å². The van der Waals surface area contributed by atoms with Crippen molar-refractivity contribution < 1.29 is 5.11 Å². The molecule has 0 amide bonds. The van der Waals surface area contributed by atoms with Gasteiger partial charge in [0.25, 0.3) is 0 Å². The summed E-state index contributed by atoms with van der Waals surface area (Å²) < 4.78 is 0. The zero-order chi connectivity index (χ0) is 13.7. The van der Waals surface area contributed by atoms with E-state index in [1.165, 1.54) is 0 Å². The minimum Gasteiger partial charge on any atom is -0.394 e. The maximum absolute atomic E-state index is 9.43. The van der Waals surface area contributed by atoms with E-state index in [0.29, 0.717) is 5.82 Å². The first-order valence-corrected chi connectivity index (χ1v) is 6.62. The Bertz CT molecular complexity index is 544. The van der Waals surface area contributed by atoms with Gasteiger partial charge in [0.1, 0.15) is 5.82 Å². The van der Waals surface area contributed by atoms with E-state index in [4.69, 9.17) is 5.73 Å². The van der Waals surface area contributed by atoms with Gasteiger partial charge in [0, 0.05) is 35.6 Å². The monoisotopic (exact) mass is 260 g/mol. The van der Waals surface area contributed by atoms with Gasteiger partial charge in [-0.25, -0.2) is 4.98 Å². The number of hydrogen-bond acceptors (Lipinski definition) is 5. The molecule has 2 aromatic rings. The third kappa shape index (κ3) is 3.32. The van der Waals surface area contributed by atoms with Crippen molar-refractivity contribution in [1.82, 2.24) is 9.97 Å². The van der Waals surface area contributed by atoms with Crippen LogP contribution in [0.1, 0.15) is 26.2 Å². The van der Waals surface area contributed by atoms with Crippen molar-refractivity contribution in [2.45, 2.75) is 32.2 Å². The molecule has 0 aliphatic heterocycles. The van der Waals surface area contributed by atoms with Crippen molar-refractivity contribution in [2.75, 3.05) is 17.7 Å². The molecule has 4 N–H and O–H groups in total. The molecule has 0 saturated carbocycles. The molecule has 0 radical (unpaired) electrons. The summed E-state index contributed by atoms with van der Waals surface area (Å²) in [6, 6.07) is 3.65. The number of aliphatic hydroxyl groups is 1. The largest absolute Gasteiger partial charge is 0.394 e. The molecule has 0 aliphatic rings. The van der Waals surface area contributed by atoms with Crippen LogP contribution < -0.4 is 11.1 Å². The molecule has 5 nitrogen and oxygen atoms in total. The second-order valence-electron chi connectivity index (χ2n) is 4.65. The minimum absolute atomic E-state index is 0.0326. The molecule has 2 heterocycles. The molecule has 2 rings (SSSR count). The number of anilines is 2. The highest BCUT2D eigenvalue weighted by atomic mass is 16.3. The lowest BCUT2D eigenvalue weighted by Crippen LogP contribution is -2.23. The molecule has 19 heavy (non-hydrogen) atoms. The van der Waals surface area contributed by atoms with E-state index in [1.807, 2.05) is 6.07 Å². The zero-order valence-corrected chi connectivity index (χ0v) is 11.1. The second-order valence-corrected chi connectivity index (χ2v) is 4.65. The Morgan fingerprint density at radius 2 is 2.32 bits per heavy atom.